The highest BCUT2D eigenvalue weighted by Crippen LogP contribution is 2.13. The second-order valence-electron chi connectivity index (χ2n) is 7.38. The number of hydrogen-bond donors (Lipinski definition) is 0. The summed E-state index contributed by atoms with van der Waals surface area (Å²) in [5.41, 5.74) is 0.822. The molecule has 0 heterocycles. The average molecular weight is 355 g/mol. The summed E-state index contributed by atoms with van der Waals surface area (Å²) in [6.07, 6.45) is 6.22. The number of hydrogen-bond acceptors (Lipinski definition) is 0. The van der Waals surface area contributed by atoms with E-state index in [0.29, 0.717) is 5.92 Å². The molecule has 1 aromatic carbocycles. The van der Waals surface area contributed by atoms with Crippen molar-refractivity contribution in [1.29, 1.82) is 0 Å². The zero-order valence-electron chi connectivity index (χ0n) is 19.0. The van der Waals surface area contributed by atoms with Gasteiger partial charge in [-0.05, 0) is 35.8 Å². The molecule has 0 nitrogen and oxygen atoms in total. The van der Waals surface area contributed by atoms with Gasteiger partial charge in [-0.1, -0.05) is 113 Å². The summed E-state index contributed by atoms with van der Waals surface area (Å²) in [6.45, 7) is 21.6. The molecular formula is C24H47F. The van der Waals surface area contributed by atoms with Crippen molar-refractivity contribution in [3.8, 4) is 0 Å². The third-order valence-electron chi connectivity index (χ3n) is 3.52. The zero-order valence-corrected chi connectivity index (χ0v) is 19.0. The fraction of sp³-hybridized carbons (Fsp3) is 0.750. The molecule has 0 saturated carbocycles. The van der Waals surface area contributed by atoms with Crippen LogP contribution in [0.15, 0.2) is 24.3 Å². The summed E-state index contributed by atoms with van der Waals surface area (Å²) in [7, 11) is 0. The fourth-order valence-corrected chi connectivity index (χ4v) is 1.93. The van der Waals surface area contributed by atoms with Gasteiger partial charge in [-0.2, -0.15) is 0 Å². The SMILES string of the molecule is CC.CC(C)Cc1ccccc1F.CCC.CCC(C)CCC(C)C. The predicted molar refractivity (Wildman–Crippen MR) is 116 cm³/mol. The highest BCUT2D eigenvalue weighted by Gasteiger charge is 2.02. The van der Waals surface area contributed by atoms with Crippen molar-refractivity contribution < 1.29 is 4.39 Å². The zero-order chi connectivity index (χ0) is 20.3. The Hall–Kier alpha value is -0.850. The van der Waals surface area contributed by atoms with E-state index in [9.17, 15) is 4.39 Å². The van der Waals surface area contributed by atoms with Gasteiger partial charge in [0.2, 0.25) is 0 Å². The Morgan fingerprint density at radius 3 is 1.64 bits per heavy atom. The molecule has 1 rings (SSSR count). The molecule has 0 amide bonds. The highest BCUT2D eigenvalue weighted by atomic mass is 19.1. The van der Waals surface area contributed by atoms with Gasteiger partial charge in [-0.25, -0.2) is 4.39 Å². The van der Waals surface area contributed by atoms with Gasteiger partial charge in [0.05, 0.1) is 0 Å². The van der Waals surface area contributed by atoms with E-state index < -0.39 is 0 Å². The van der Waals surface area contributed by atoms with Crippen molar-refractivity contribution in [3.63, 3.8) is 0 Å². The quantitative estimate of drug-likeness (QED) is 0.478. The molecule has 150 valence electrons. The fourth-order valence-electron chi connectivity index (χ4n) is 1.93. The Kier molecular flexibility index (Phi) is 24.5. The maximum atomic E-state index is 12.9. The van der Waals surface area contributed by atoms with E-state index in [1.54, 1.807) is 6.07 Å². The topological polar surface area (TPSA) is 0 Å². The van der Waals surface area contributed by atoms with E-state index >= 15 is 0 Å². The molecule has 0 fully saturated rings. The summed E-state index contributed by atoms with van der Waals surface area (Å²) in [5.74, 6) is 2.26. The Labute approximate surface area is 159 Å². The van der Waals surface area contributed by atoms with Crippen LogP contribution in [0.2, 0.25) is 0 Å². The first-order valence-electron chi connectivity index (χ1n) is 10.5. The summed E-state index contributed by atoms with van der Waals surface area (Å²) in [4.78, 5) is 0. The van der Waals surface area contributed by atoms with Gasteiger partial charge in [0.25, 0.3) is 0 Å². The van der Waals surface area contributed by atoms with Crippen LogP contribution in [0.3, 0.4) is 0 Å². The first kappa shape index (κ1) is 28.9. The molecule has 1 atom stereocenters. The van der Waals surface area contributed by atoms with Crippen molar-refractivity contribution in [2.45, 2.75) is 101 Å². The molecule has 0 spiro atoms. The van der Waals surface area contributed by atoms with Gasteiger partial charge in [0, 0.05) is 0 Å². The molecule has 1 heteroatoms. The van der Waals surface area contributed by atoms with Crippen LogP contribution in [-0.2, 0) is 6.42 Å². The molecule has 25 heavy (non-hydrogen) atoms. The first-order chi connectivity index (χ1) is 11.8. The Morgan fingerprint density at radius 1 is 0.800 bits per heavy atom. The van der Waals surface area contributed by atoms with Crippen molar-refractivity contribution in [1.82, 2.24) is 0 Å². The Morgan fingerprint density at radius 2 is 1.28 bits per heavy atom. The molecular weight excluding hydrogens is 307 g/mol. The van der Waals surface area contributed by atoms with Crippen LogP contribution in [0.1, 0.15) is 100 Å². The predicted octanol–water partition coefficient (Wildman–Crippen LogP) is 8.94. The van der Waals surface area contributed by atoms with E-state index in [0.717, 1.165) is 23.8 Å². The molecule has 1 unspecified atom stereocenters. The van der Waals surface area contributed by atoms with Gasteiger partial charge in [-0.15, -0.1) is 0 Å². The summed E-state index contributed by atoms with van der Waals surface area (Å²) in [6, 6.07) is 6.95. The largest absolute Gasteiger partial charge is 0.207 e. The standard InChI is InChI=1S/C10H13F.C9H20.C3H8.C2H6/c1-8(2)7-9-5-3-4-6-10(9)11;1-5-9(4)7-6-8(2)3;1-3-2;1-2/h3-6,8H,7H2,1-2H3;8-9H,5-7H2,1-4H3;3H2,1-2H3;1-2H3. The maximum absolute atomic E-state index is 12.9. The van der Waals surface area contributed by atoms with Crippen LogP contribution in [-0.4, -0.2) is 0 Å². The second kappa shape index (κ2) is 21.2. The number of rotatable bonds is 6. The van der Waals surface area contributed by atoms with E-state index in [4.69, 9.17) is 0 Å². The van der Waals surface area contributed by atoms with Gasteiger partial charge < -0.3 is 0 Å². The molecule has 0 aliphatic rings. The molecule has 0 aliphatic heterocycles. The minimum atomic E-state index is -0.0822. The van der Waals surface area contributed by atoms with Gasteiger partial charge in [0.1, 0.15) is 5.82 Å². The summed E-state index contributed by atoms with van der Waals surface area (Å²) < 4.78 is 12.9. The van der Waals surface area contributed by atoms with Crippen LogP contribution >= 0.6 is 0 Å². The Bertz CT molecular complexity index is 355. The average Bonchev–Trinajstić information content (AvgIpc) is 2.57. The van der Waals surface area contributed by atoms with Crippen LogP contribution in [0.5, 0.6) is 0 Å². The lowest BCUT2D eigenvalue weighted by Gasteiger charge is -2.09. The van der Waals surface area contributed by atoms with Crippen LogP contribution in [0, 0.1) is 23.6 Å². The van der Waals surface area contributed by atoms with Gasteiger partial charge >= 0.3 is 0 Å². The smallest absolute Gasteiger partial charge is 0.126 e. The lowest BCUT2D eigenvalue weighted by atomic mass is 9.98. The molecule has 0 aliphatic carbocycles. The van der Waals surface area contributed by atoms with Crippen molar-refractivity contribution in [2.24, 2.45) is 17.8 Å². The van der Waals surface area contributed by atoms with E-state index in [2.05, 4.69) is 55.4 Å². The summed E-state index contributed by atoms with van der Waals surface area (Å²) >= 11 is 0. The minimum Gasteiger partial charge on any atom is -0.207 e. The minimum absolute atomic E-state index is 0.0822. The van der Waals surface area contributed by atoms with Crippen molar-refractivity contribution >= 4 is 0 Å². The molecule has 0 bridgehead atoms. The number of halogens is 1. The Balaban J connectivity index is -0.000000312. The second-order valence-corrected chi connectivity index (χ2v) is 7.38. The lowest BCUT2D eigenvalue weighted by Crippen LogP contribution is -1.96. The molecule has 0 radical (unpaired) electrons. The molecule has 1 aromatic rings. The maximum Gasteiger partial charge on any atom is 0.126 e. The highest BCUT2D eigenvalue weighted by molar-refractivity contribution is 5.17. The first-order valence-corrected chi connectivity index (χ1v) is 10.5. The van der Waals surface area contributed by atoms with E-state index in [1.165, 1.54) is 31.7 Å². The third-order valence-corrected chi connectivity index (χ3v) is 3.52. The van der Waals surface area contributed by atoms with Crippen LogP contribution in [0.25, 0.3) is 0 Å². The van der Waals surface area contributed by atoms with E-state index in [1.807, 2.05) is 26.0 Å². The third kappa shape index (κ3) is 23.1. The van der Waals surface area contributed by atoms with Crippen LogP contribution < -0.4 is 0 Å². The monoisotopic (exact) mass is 354 g/mol. The van der Waals surface area contributed by atoms with Crippen molar-refractivity contribution in [2.75, 3.05) is 0 Å². The normalized spacial score (nSPS) is 10.8. The van der Waals surface area contributed by atoms with E-state index in [-0.39, 0.29) is 5.82 Å². The number of benzene rings is 1. The van der Waals surface area contributed by atoms with Crippen LogP contribution in [0.4, 0.5) is 4.39 Å². The molecule has 0 N–H and O–H groups in total. The van der Waals surface area contributed by atoms with Gasteiger partial charge in [0.15, 0.2) is 0 Å². The van der Waals surface area contributed by atoms with Crippen molar-refractivity contribution in [3.05, 3.63) is 35.6 Å². The lowest BCUT2D eigenvalue weighted by molar-refractivity contribution is 0.441. The van der Waals surface area contributed by atoms with Gasteiger partial charge in [-0.3, -0.25) is 0 Å². The molecule has 0 aromatic heterocycles. The molecule has 0 saturated heterocycles. The summed E-state index contributed by atoms with van der Waals surface area (Å²) in [5, 5.41) is 0.